The van der Waals surface area contributed by atoms with Gasteiger partial charge in [-0.25, -0.2) is 4.39 Å². The monoisotopic (exact) mass is 289 g/mol. The Labute approximate surface area is 126 Å². The molecule has 0 saturated heterocycles. The second-order valence-corrected chi connectivity index (χ2v) is 5.31. The Morgan fingerprint density at radius 3 is 2.38 bits per heavy atom. The third kappa shape index (κ3) is 3.32. The van der Waals surface area contributed by atoms with Crippen molar-refractivity contribution in [2.75, 3.05) is 7.05 Å². The molecule has 1 unspecified atom stereocenters. The molecule has 0 fully saturated rings. The Kier molecular flexibility index (Phi) is 5.12. The van der Waals surface area contributed by atoms with E-state index >= 15 is 0 Å². The summed E-state index contributed by atoms with van der Waals surface area (Å²) < 4.78 is 15.1. The van der Waals surface area contributed by atoms with Crippen LogP contribution >= 0.6 is 0 Å². The Morgan fingerprint density at radius 2 is 1.86 bits per heavy atom. The van der Waals surface area contributed by atoms with Crippen LogP contribution in [0.25, 0.3) is 0 Å². The van der Waals surface area contributed by atoms with Crippen molar-refractivity contribution >= 4 is 0 Å². The van der Waals surface area contributed by atoms with Crippen LogP contribution in [0.5, 0.6) is 0 Å². The number of rotatable bonds is 6. The molecule has 21 heavy (non-hydrogen) atoms. The molecule has 0 amide bonds. The number of hydrogen-bond donors (Lipinski definition) is 1. The van der Waals surface area contributed by atoms with E-state index in [0.717, 1.165) is 24.1 Å². The highest BCUT2D eigenvalue weighted by Gasteiger charge is 2.19. The van der Waals surface area contributed by atoms with Crippen LogP contribution in [0.4, 0.5) is 4.39 Å². The molecule has 4 heteroatoms. The van der Waals surface area contributed by atoms with Gasteiger partial charge in [-0.05, 0) is 44.5 Å². The number of hydrogen-bond acceptors (Lipinski definition) is 2. The zero-order valence-electron chi connectivity index (χ0n) is 13.3. The number of nitrogens with one attached hydrogen (secondary N) is 1. The van der Waals surface area contributed by atoms with E-state index in [2.05, 4.69) is 30.8 Å². The smallest absolute Gasteiger partial charge is 0.123 e. The largest absolute Gasteiger partial charge is 0.313 e. The van der Waals surface area contributed by atoms with E-state index < -0.39 is 0 Å². The highest BCUT2D eigenvalue weighted by atomic mass is 19.1. The molecule has 1 aromatic heterocycles. The van der Waals surface area contributed by atoms with Crippen LogP contribution < -0.4 is 5.32 Å². The van der Waals surface area contributed by atoms with E-state index in [1.807, 2.05) is 19.2 Å². The molecule has 0 saturated carbocycles. The molecule has 1 N–H and O–H groups in total. The van der Waals surface area contributed by atoms with Gasteiger partial charge in [-0.2, -0.15) is 5.10 Å². The summed E-state index contributed by atoms with van der Waals surface area (Å²) in [6.07, 6.45) is 1.86. The van der Waals surface area contributed by atoms with Crippen molar-refractivity contribution in [1.82, 2.24) is 15.1 Å². The summed E-state index contributed by atoms with van der Waals surface area (Å²) in [7, 11) is 1.97. The van der Waals surface area contributed by atoms with Gasteiger partial charge in [0.1, 0.15) is 5.82 Å². The van der Waals surface area contributed by atoms with Crippen molar-refractivity contribution in [3.8, 4) is 0 Å². The number of aryl methyl sites for hydroxylation is 1. The summed E-state index contributed by atoms with van der Waals surface area (Å²) >= 11 is 0. The van der Waals surface area contributed by atoms with Gasteiger partial charge in [0.15, 0.2) is 0 Å². The molecule has 1 aromatic carbocycles. The molecular weight excluding hydrogens is 265 g/mol. The predicted octanol–water partition coefficient (Wildman–Crippen LogP) is 3.48. The first-order valence-corrected chi connectivity index (χ1v) is 7.60. The second kappa shape index (κ2) is 6.85. The maximum absolute atomic E-state index is 13.0. The highest BCUT2D eigenvalue weighted by molar-refractivity contribution is 5.31. The fourth-order valence-corrected chi connectivity index (χ4v) is 2.74. The van der Waals surface area contributed by atoms with E-state index in [1.54, 1.807) is 0 Å². The maximum Gasteiger partial charge on any atom is 0.123 e. The van der Waals surface area contributed by atoms with Gasteiger partial charge in [0.25, 0.3) is 0 Å². The van der Waals surface area contributed by atoms with Gasteiger partial charge in [-0.15, -0.1) is 0 Å². The highest BCUT2D eigenvalue weighted by Crippen LogP contribution is 2.24. The first-order chi connectivity index (χ1) is 10.1. The molecule has 1 heterocycles. The minimum Gasteiger partial charge on any atom is -0.313 e. The molecule has 0 bridgehead atoms. The van der Waals surface area contributed by atoms with Crippen molar-refractivity contribution in [3.05, 3.63) is 52.6 Å². The van der Waals surface area contributed by atoms with Crippen molar-refractivity contribution < 1.29 is 4.39 Å². The van der Waals surface area contributed by atoms with Crippen molar-refractivity contribution in [1.29, 1.82) is 0 Å². The van der Waals surface area contributed by atoms with Gasteiger partial charge in [0, 0.05) is 17.3 Å². The lowest BCUT2D eigenvalue weighted by atomic mass is 10.0. The first kappa shape index (κ1) is 15.7. The van der Waals surface area contributed by atoms with Crippen LogP contribution in [0.1, 0.15) is 49.3 Å². The Balaban J connectivity index is 2.39. The average molecular weight is 289 g/mol. The Morgan fingerprint density at radius 1 is 1.19 bits per heavy atom. The second-order valence-electron chi connectivity index (χ2n) is 5.31. The molecular formula is C17H24FN3. The van der Waals surface area contributed by atoms with Gasteiger partial charge in [0.2, 0.25) is 0 Å². The molecule has 0 radical (unpaired) electrons. The third-order valence-corrected chi connectivity index (χ3v) is 3.96. The van der Waals surface area contributed by atoms with Crippen LogP contribution in [-0.4, -0.2) is 16.8 Å². The Bertz CT molecular complexity index is 587. The molecule has 1 atom stereocenters. The number of benzene rings is 1. The van der Waals surface area contributed by atoms with E-state index in [0.29, 0.717) is 6.54 Å². The molecule has 2 rings (SSSR count). The molecule has 114 valence electrons. The lowest BCUT2D eigenvalue weighted by Gasteiger charge is -2.13. The summed E-state index contributed by atoms with van der Waals surface area (Å²) in [6, 6.07) is 6.94. The minimum atomic E-state index is -0.200. The van der Waals surface area contributed by atoms with Crippen molar-refractivity contribution in [3.63, 3.8) is 0 Å². The van der Waals surface area contributed by atoms with E-state index in [9.17, 15) is 4.39 Å². The summed E-state index contributed by atoms with van der Waals surface area (Å²) in [4.78, 5) is 0. The number of halogens is 1. The van der Waals surface area contributed by atoms with Gasteiger partial charge in [-0.1, -0.05) is 26.0 Å². The van der Waals surface area contributed by atoms with E-state index in [1.165, 1.54) is 23.4 Å². The number of nitrogens with zero attached hydrogens (tertiary/aromatic N) is 2. The van der Waals surface area contributed by atoms with Gasteiger partial charge >= 0.3 is 0 Å². The van der Waals surface area contributed by atoms with Gasteiger partial charge in [0.05, 0.1) is 12.2 Å². The predicted molar refractivity (Wildman–Crippen MR) is 84.0 cm³/mol. The fraction of sp³-hybridized carbons (Fsp3) is 0.471. The molecule has 0 aliphatic carbocycles. The van der Waals surface area contributed by atoms with Gasteiger partial charge in [-0.3, -0.25) is 4.68 Å². The summed E-state index contributed by atoms with van der Waals surface area (Å²) in [5.74, 6) is -0.200. The molecule has 0 aliphatic heterocycles. The van der Waals surface area contributed by atoms with E-state index in [-0.39, 0.29) is 11.9 Å². The molecule has 3 nitrogen and oxygen atoms in total. The van der Waals surface area contributed by atoms with Crippen LogP contribution in [-0.2, 0) is 19.4 Å². The van der Waals surface area contributed by atoms with Crippen molar-refractivity contribution in [2.45, 2.75) is 46.2 Å². The lowest BCUT2D eigenvalue weighted by molar-refractivity contribution is 0.614. The standard InChI is InChI=1S/C17H24FN3/c1-5-15-17(12(3)19-4)16(6-2)21(20-15)11-13-7-9-14(18)10-8-13/h7-10,12,19H,5-6,11H2,1-4H3. The fourth-order valence-electron chi connectivity index (χ4n) is 2.74. The third-order valence-electron chi connectivity index (χ3n) is 3.96. The number of aromatic nitrogens is 2. The first-order valence-electron chi connectivity index (χ1n) is 7.60. The normalized spacial score (nSPS) is 12.6. The maximum atomic E-state index is 13.0. The summed E-state index contributed by atoms with van der Waals surface area (Å²) in [6.45, 7) is 7.14. The zero-order valence-corrected chi connectivity index (χ0v) is 13.3. The summed E-state index contributed by atoms with van der Waals surface area (Å²) in [5.41, 5.74) is 4.79. The van der Waals surface area contributed by atoms with Crippen LogP contribution in [0.15, 0.2) is 24.3 Å². The van der Waals surface area contributed by atoms with Crippen molar-refractivity contribution in [2.24, 2.45) is 0 Å². The Hall–Kier alpha value is -1.68. The SMILES string of the molecule is CCc1nn(Cc2ccc(F)cc2)c(CC)c1C(C)NC. The minimum absolute atomic E-state index is 0.200. The molecule has 0 aliphatic rings. The zero-order chi connectivity index (χ0) is 15.4. The lowest BCUT2D eigenvalue weighted by Crippen LogP contribution is -2.15. The van der Waals surface area contributed by atoms with Gasteiger partial charge < -0.3 is 5.32 Å². The van der Waals surface area contributed by atoms with Crippen LogP contribution in [0.3, 0.4) is 0 Å². The summed E-state index contributed by atoms with van der Waals surface area (Å²) in [5, 5.41) is 8.08. The molecule has 2 aromatic rings. The quantitative estimate of drug-likeness (QED) is 0.882. The van der Waals surface area contributed by atoms with E-state index in [4.69, 9.17) is 5.10 Å². The topological polar surface area (TPSA) is 29.9 Å². The van der Waals surface area contributed by atoms with Crippen LogP contribution in [0.2, 0.25) is 0 Å². The molecule has 0 spiro atoms. The average Bonchev–Trinajstić information content (AvgIpc) is 2.86. The van der Waals surface area contributed by atoms with Crippen LogP contribution in [0, 0.1) is 5.82 Å².